The Morgan fingerprint density at radius 2 is 2.05 bits per heavy atom. The molecule has 1 aromatic carbocycles. The minimum absolute atomic E-state index is 0.0381. The van der Waals surface area contributed by atoms with Gasteiger partial charge < -0.3 is 10.1 Å². The van der Waals surface area contributed by atoms with Crippen LogP contribution in [0.2, 0.25) is 0 Å². The summed E-state index contributed by atoms with van der Waals surface area (Å²) >= 11 is 2.31. The molecule has 1 N–H and O–H groups in total. The lowest BCUT2D eigenvalue weighted by atomic mass is 9.77. The summed E-state index contributed by atoms with van der Waals surface area (Å²) in [5.74, 6) is 0.188. The highest BCUT2D eigenvalue weighted by atomic mass is 127. The van der Waals surface area contributed by atoms with Crippen molar-refractivity contribution in [1.29, 1.82) is 0 Å². The maximum absolute atomic E-state index is 12.1. The minimum atomic E-state index is -0.0681. The Bertz CT molecular complexity index is 474. The number of carbonyl (C=O) groups excluding carboxylic acids is 1. The standard InChI is InChI=1S/C15H18INO2/c1-19-15(18)14-12(8-11-6-7-13(14)17-11)9-2-4-10(16)5-3-9/h2-5,11-14,17H,6-8H2,1H3/t11-,12-,13+,14-/m0/s1. The third-order valence-electron chi connectivity index (χ3n) is 4.45. The van der Waals surface area contributed by atoms with E-state index in [0.29, 0.717) is 12.0 Å². The number of piperidine rings is 1. The SMILES string of the molecule is COC(=O)[C@@H]1[C@H]2CC[C@@H](C[C@H]1c1ccc(I)cc1)N2. The van der Waals surface area contributed by atoms with Crippen LogP contribution < -0.4 is 5.32 Å². The zero-order chi connectivity index (χ0) is 13.4. The van der Waals surface area contributed by atoms with Gasteiger partial charge in [-0.25, -0.2) is 0 Å². The Labute approximate surface area is 127 Å². The van der Waals surface area contributed by atoms with E-state index >= 15 is 0 Å². The first-order valence-corrected chi connectivity index (χ1v) is 7.86. The van der Waals surface area contributed by atoms with Crippen molar-refractivity contribution in [1.82, 2.24) is 5.32 Å². The van der Waals surface area contributed by atoms with E-state index < -0.39 is 0 Å². The molecule has 0 amide bonds. The van der Waals surface area contributed by atoms with Gasteiger partial charge in [0.05, 0.1) is 13.0 Å². The second kappa shape index (κ2) is 5.40. The molecule has 4 atom stereocenters. The van der Waals surface area contributed by atoms with E-state index in [1.54, 1.807) is 0 Å². The molecule has 3 nitrogen and oxygen atoms in total. The molecule has 2 heterocycles. The van der Waals surface area contributed by atoms with Crippen molar-refractivity contribution in [2.75, 3.05) is 7.11 Å². The normalized spacial score (nSPS) is 33.2. The number of halogens is 1. The quantitative estimate of drug-likeness (QED) is 0.642. The van der Waals surface area contributed by atoms with Crippen molar-refractivity contribution in [3.63, 3.8) is 0 Å². The molecule has 0 aromatic heterocycles. The highest BCUT2D eigenvalue weighted by molar-refractivity contribution is 14.1. The molecule has 2 saturated heterocycles. The zero-order valence-corrected chi connectivity index (χ0v) is 13.1. The van der Waals surface area contributed by atoms with Gasteiger partial charge in [0.15, 0.2) is 0 Å². The Balaban J connectivity index is 1.92. The molecule has 0 aliphatic carbocycles. The number of hydrogen-bond donors (Lipinski definition) is 1. The molecule has 2 bridgehead atoms. The van der Waals surface area contributed by atoms with Gasteiger partial charge in [0.2, 0.25) is 0 Å². The maximum Gasteiger partial charge on any atom is 0.310 e. The second-order valence-corrected chi connectivity index (χ2v) is 6.74. The number of nitrogens with one attached hydrogen (secondary N) is 1. The molecule has 4 heteroatoms. The molecule has 2 fully saturated rings. The van der Waals surface area contributed by atoms with Gasteiger partial charge in [-0.2, -0.15) is 0 Å². The molecule has 0 radical (unpaired) electrons. The Morgan fingerprint density at radius 1 is 1.32 bits per heavy atom. The van der Waals surface area contributed by atoms with E-state index in [0.717, 1.165) is 12.8 Å². The monoisotopic (exact) mass is 371 g/mol. The number of fused-ring (bicyclic) bond motifs is 2. The number of rotatable bonds is 2. The van der Waals surface area contributed by atoms with Gasteiger partial charge in [-0.1, -0.05) is 12.1 Å². The van der Waals surface area contributed by atoms with Crippen molar-refractivity contribution in [2.24, 2.45) is 5.92 Å². The van der Waals surface area contributed by atoms with Crippen LogP contribution in [0, 0.1) is 9.49 Å². The zero-order valence-electron chi connectivity index (χ0n) is 10.9. The first-order valence-electron chi connectivity index (χ1n) is 6.78. The smallest absolute Gasteiger partial charge is 0.310 e. The van der Waals surface area contributed by atoms with E-state index in [1.807, 2.05) is 0 Å². The average Bonchev–Trinajstić information content (AvgIpc) is 2.80. The molecule has 2 aliphatic rings. The number of esters is 1. The molecule has 0 spiro atoms. The molecule has 3 rings (SSSR count). The summed E-state index contributed by atoms with van der Waals surface area (Å²) in [6, 6.07) is 9.41. The van der Waals surface area contributed by atoms with Crippen LogP contribution in [0.3, 0.4) is 0 Å². The van der Waals surface area contributed by atoms with Gasteiger partial charge in [0.1, 0.15) is 0 Å². The first-order chi connectivity index (χ1) is 9.19. The van der Waals surface area contributed by atoms with Crippen LogP contribution >= 0.6 is 22.6 Å². The summed E-state index contributed by atoms with van der Waals surface area (Å²) in [6.07, 6.45) is 3.31. The third kappa shape index (κ3) is 2.52. The Hall–Kier alpha value is -0.620. The van der Waals surface area contributed by atoms with E-state index in [2.05, 4.69) is 52.2 Å². The predicted molar refractivity (Wildman–Crippen MR) is 82.0 cm³/mol. The fourth-order valence-corrected chi connectivity index (χ4v) is 3.93. The topological polar surface area (TPSA) is 38.3 Å². The highest BCUT2D eigenvalue weighted by Crippen LogP contribution is 2.42. The lowest BCUT2D eigenvalue weighted by Crippen LogP contribution is -2.48. The molecule has 0 unspecified atom stereocenters. The van der Waals surface area contributed by atoms with Crippen LogP contribution in [0.5, 0.6) is 0 Å². The molecule has 2 aliphatic heterocycles. The minimum Gasteiger partial charge on any atom is -0.469 e. The molecule has 102 valence electrons. The average molecular weight is 371 g/mol. The summed E-state index contributed by atoms with van der Waals surface area (Å²) in [5.41, 5.74) is 1.27. The van der Waals surface area contributed by atoms with Crippen molar-refractivity contribution in [2.45, 2.75) is 37.3 Å². The fourth-order valence-electron chi connectivity index (χ4n) is 3.57. The molecule has 0 saturated carbocycles. The summed E-state index contributed by atoms with van der Waals surface area (Å²) in [6.45, 7) is 0. The number of benzene rings is 1. The molecule has 1 aromatic rings. The summed E-state index contributed by atoms with van der Waals surface area (Å²) in [5, 5.41) is 3.56. The fraction of sp³-hybridized carbons (Fsp3) is 0.533. The van der Waals surface area contributed by atoms with Gasteiger partial charge in [0.25, 0.3) is 0 Å². The lowest BCUT2D eigenvalue weighted by molar-refractivity contribution is -0.148. The number of methoxy groups -OCH3 is 1. The van der Waals surface area contributed by atoms with Crippen LogP contribution in [0.15, 0.2) is 24.3 Å². The van der Waals surface area contributed by atoms with Crippen LogP contribution in [-0.2, 0) is 9.53 Å². The summed E-state index contributed by atoms with van der Waals surface area (Å²) in [7, 11) is 1.49. The Morgan fingerprint density at radius 3 is 2.74 bits per heavy atom. The van der Waals surface area contributed by atoms with Gasteiger partial charge >= 0.3 is 5.97 Å². The van der Waals surface area contributed by atoms with Gasteiger partial charge in [-0.05, 0) is 59.5 Å². The van der Waals surface area contributed by atoms with Gasteiger partial charge in [-0.3, -0.25) is 4.79 Å². The van der Waals surface area contributed by atoms with E-state index in [-0.39, 0.29) is 17.9 Å². The third-order valence-corrected chi connectivity index (χ3v) is 5.17. The van der Waals surface area contributed by atoms with Crippen molar-refractivity contribution in [3.05, 3.63) is 33.4 Å². The van der Waals surface area contributed by atoms with Gasteiger partial charge in [-0.15, -0.1) is 0 Å². The highest BCUT2D eigenvalue weighted by Gasteiger charge is 2.46. The van der Waals surface area contributed by atoms with Crippen LogP contribution in [-0.4, -0.2) is 25.2 Å². The van der Waals surface area contributed by atoms with Crippen LogP contribution in [0.1, 0.15) is 30.7 Å². The number of ether oxygens (including phenoxy) is 1. The van der Waals surface area contributed by atoms with Crippen molar-refractivity contribution in [3.8, 4) is 0 Å². The first kappa shape index (κ1) is 13.4. The van der Waals surface area contributed by atoms with E-state index in [9.17, 15) is 4.79 Å². The van der Waals surface area contributed by atoms with Crippen molar-refractivity contribution >= 4 is 28.6 Å². The van der Waals surface area contributed by atoms with Crippen molar-refractivity contribution < 1.29 is 9.53 Å². The maximum atomic E-state index is 12.1. The second-order valence-electron chi connectivity index (χ2n) is 5.49. The largest absolute Gasteiger partial charge is 0.469 e. The van der Waals surface area contributed by atoms with E-state index in [4.69, 9.17) is 4.74 Å². The number of hydrogen-bond acceptors (Lipinski definition) is 3. The van der Waals surface area contributed by atoms with E-state index in [1.165, 1.54) is 22.7 Å². The summed E-state index contributed by atoms with van der Waals surface area (Å²) < 4.78 is 6.26. The van der Waals surface area contributed by atoms with Gasteiger partial charge in [0, 0.05) is 21.6 Å². The van der Waals surface area contributed by atoms with Crippen LogP contribution in [0.25, 0.3) is 0 Å². The summed E-state index contributed by atoms with van der Waals surface area (Å²) in [4.78, 5) is 12.1. The number of carbonyl (C=O) groups is 1. The Kier molecular flexibility index (Phi) is 3.80. The van der Waals surface area contributed by atoms with Crippen LogP contribution in [0.4, 0.5) is 0 Å². The predicted octanol–water partition coefficient (Wildman–Crippen LogP) is 2.69. The molecule has 19 heavy (non-hydrogen) atoms. The molecular formula is C15H18INO2. The lowest BCUT2D eigenvalue weighted by Gasteiger charge is -2.36. The molecular weight excluding hydrogens is 353 g/mol.